The first-order chi connectivity index (χ1) is 11.5. The van der Waals surface area contributed by atoms with Crippen LogP contribution < -0.4 is 5.56 Å². The Labute approximate surface area is 139 Å². The molecule has 1 amide bonds. The molecular weight excluding hydrogens is 311 g/mol. The predicted octanol–water partition coefficient (Wildman–Crippen LogP) is 1.63. The van der Waals surface area contributed by atoms with Crippen LogP contribution >= 0.6 is 0 Å². The van der Waals surface area contributed by atoms with Crippen LogP contribution in [0.25, 0.3) is 0 Å². The van der Waals surface area contributed by atoms with E-state index in [9.17, 15) is 19.1 Å². The number of hydrogen-bond acceptors (Lipinski definition) is 3. The van der Waals surface area contributed by atoms with Crippen molar-refractivity contribution >= 4 is 5.91 Å². The monoisotopic (exact) mass is 330 g/mol. The standard InChI is InChI=1S/C18H19FN2O3/c1-12-3-2-8-20(18(12)24)11-17(23)21-10-15(22)9-16(21)13-4-6-14(19)7-5-13/h2-8,15-16,22H,9-11H2,1H3/t15-,16+/m1/s1. The number of carbonyl (C=O) groups excluding carboxylic acids is 1. The number of amides is 1. The van der Waals surface area contributed by atoms with E-state index in [2.05, 4.69) is 0 Å². The lowest BCUT2D eigenvalue weighted by Crippen LogP contribution is -2.37. The lowest BCUT2D eigenvalue weighted by molar-refractivity contribution is -0.133. The van der Waals surface area contributed by atoms with Gasteiger partial charge in [0.1, 0.15) is 12.4 Å². The molecule has 1 aliphatic rings. The van der Waals surface area contributed by atoms with Gasteiger partial charge in [0.05, 0.1) is 12.1 Å². The second-order valence-electron chi connectivity index (χ2n) is 6.13. The molecule has 0 spiro atoms. The highest BCUT2D eigenvalue weighted by atomic mass is 19.1. The van der Waals surface area contributed by atoms with Gasteiger partial charge >= 0.3 is 0 Å². The summed E-state index contributed by atoms with van der Waals surface area (Å²) in [5, 5.41) is 9.96. The van der Waals surface area contributed by atoms with E-state index in [-0.39, 0.29) is 36.4 Å². The third kappa shape index (κ3) is 3.23. The summed E-state index contributed by atoms with van der Waals surface area (Å²) >= 11 is 0. The normalized spacial score (nSPS) is 20.4. The molecule has 5 nitrogen and oxygen atoms in total. The lowest BCUT2D eigenvalue weighted by Gasteiger charge is -2.25. The molecule has 1 aliphatic heterocycles. The summed E-state index contributed by atoms with van der Waals surface area (Å²) in [5.74, 6) is -0.588. The molecule has 0 unspecified atom stereocenters. The molecule has 0 saturated carbocycles. The molecule has 1 aromatic heterocycles. The molecule has 126 valence electrons. The maximum atomic E-state index is 13.1. The Morgan fingerprint density at radius 1 is 1.29 bits per heavy atom. The van der Waals surface area contributed by atoms with Crippen LogP contribution in [0.5, 0.6) is 0 Å². The number of carbonyl (C=O) groups is 1. The van der Waals surface area contributed by atoms with Crippen LogP contribution in [0.3, 0.4) is 0 Å². The van der Waals surface area contributed by atoms with Gasteiger partial charge in [0.25, 0.3) is 5.56 Å². The molecule has 0 aliphatic carbocycles. The second-order valence-corrected chi connectivity index (χ2v) is 6.13. The molecule has 24 heavy (non-hydrogen) atoms. The minimum atomic E-state index is -0.627. The third-order valence-electron chi connectivity index (χ3n) is 4.37. The van der Waals surface area contributed by atoms with Gasteiger partial charge in [-0.25, -0.2) is 4.39 Å². The molecule has 0 radical (unpaired) electrons. The van der Waals surface area contributed by atoms with E-state index >= 15 is 0 Å². The van der Waals surface area contributed by atoms with Crippen molar-refractivity contribution in [1.29, 1.82) is 0 Å². The SMILES string of the molecule is Cc1cccn(CC(=O)N2C[C@H](O)C[C@H]2c2ccc(F)cc2)c1=O. The number of likely N-dealkylation sites (tertiary alicyclic amines) is 1. The van der Waals surface area contributed by atoms with Crippen LogP contribution in [-0.4, -0.2) is 33.1 Å². The first-order valence-electron chi connectivity index (χ1n) is 7.85. The molecule has 2 atom stereocenters. The van der Waals surface area contributed by atoms with Crippen molar-refractivity contribution in [2.75, 3.05) is 6.54 Å². The summed E-state index contributed by atoms with van der Waals surface area (Å²) in [6, 6.07) is 9.04. The summed E-state index contributed by atoms with van der Waals surface area (Å²) < 4.78 is 14.5. The highest BCUT2D eigenvalue weighted by molar-refractivity contribution is 5.77. The van der Waals surface area contributed by atoms with Crippen molar-refractivity contribution in [2.24, 2.45) is 0 Å². The van der Waals surface area contributed by atoms with Crippen LogP contribution in [0.15, 0.2) is 47.4 Å². The summed E-state index contributed by atoms with van der Waals surface area (Å²) in [5.41, 5.74) is 1.14. The highest BCUT2D eigenvalue weighted by Gasteiger charge is 2.35. The minimum absolute atomic E-state index is 0.0784. The van der Waals surface area contributed by atoms with Gasteiger partial charge in [-0.1, -0.05) is 18.2 Å². The predicted molar refractivity (Wildman–Crippen MR) is 86.9 cm³/mol. The minimum Gasteiger partial charge on any atom is -0.391 e. The van der Waals surface area contributed by atoms with Gasteiger partial charge < -0.3 is 14.6 Å². The average molecular weight is 330 g/mol. The van der Waals surface area contributed by atoms with Crippen LogP contribution in [0.1, 0.15) is 23.6 Å². The van der Waals surface area contributed by atoms with Gasteiger partial charge in [-0.2, -0.15) is 0 Å². The van der Waals surface area contributed by atoms with E-state index in [0.717, 1.165) is 5.56 Å². The number of β-amino-alcohol motifs (C(OH)–C–C–N with tert-alkyl or cyclic N) is 1. The number of aromatic nitrogens is 1. The fraction of sp³-hybridized carbons (Fsp3) is 0.333. The smallest absolute Gasteiger partial charge is 0.253 e. The lowest BCUT2D eigenvalue weighted by atomic mass is 10.0. The zero-order valence-electron chi connectivity index (χ0n) is 13.4. The Balaban J connectivity index is 1.83. The molecule has 1 fully saturated rings. The van der Waals surface area contributed by atoms with Gasteiger partial charge in [0.2, 0.25) is 5.91 Å². The van der Waals surface area contributed by atoms with E-state index in [1.165, 1.54) is 16.7 Å². The quantitative estimate of drug-likeness (QED) is 0.930. The maximum absolute atomic E-state index is 13.1. The van der Waals surface area contributed by atoms with Crippen molar-refractivity contribution in [3.05, 3.63) is 69.9 Å². The van der Waals surface area contributed by atoms with Gasteiger partial charge in [0, 0.05) is 18.3 Å². The van der Waals surface area contributed by atoms with Crippen LogP contribution in [0.4, 0.5) is 4.39 Å². The fourth-order valence-corrected chi connectivity index (χ4v) is 3.11. The molecular formula is C18H19FN2O3. The average Bonchev–Trinajstić information content (AvgIpc) is 2.94. The first-order valence-corrected chi connectivity index (χ1v) is 7.85. The molecule has 1 N–H and O–H groups in total. The number of benzene rings is 1. The number of rotatable bonds is 3. The maximum Gasteiger partial charge on any atom is 0.253 e. The van der Waals surface area contributed by atoms with E-state index in [4.69, 9.17) is 0 Å². The molecule has 1 aromatic carbocycles. The zero-order valence-corrected chi connectivity index (χ0v) is 13.4. The Morgan fingerprint density at radius 3 is 2.71 bits per heavy atom. The molecule has 2 aromatic rings. The third-order valence-corrected chi connectivity index (χ3v) is 4.37. The van der Waals surface area contributed by atoms with Crippen LogP contribution in [0, 0.1) is 12.7 Å². The summed E-state index contributed by atoms with van der Waals surface area (Å²) in [6.45, 7) is 1.83. The number of aliphatic hydroxyl groups is 1. The van der Waals surface area contributed by atoms with Gasteiger partial charge in [0.15, 0.2) is 0 Å². The van der Waals surface area contributed by atoms with E-state index < -0.39 is 6.10 Å². The highest BCUT2D eigenvalue weighted by Crippen LogP contribution is 2.32. The zero-order chi connectivity index (χ0) is 17.3. The number of halogens is 1. The Kier molecular flexibility index (Phi) is 4.49. The first kappa shape index (κ1) is 16.4. The number of pyridine rings is 1. The van der Waals surface area contributed by atoms with Gasteiger partial charge in [-0.05, 0) is 37.1 Å². The summed E-state index contributed by atoms with van der Waals surface area (Å²) in [7, 11) is 0. The van der Waals surface area contributed by atoms with Gasteiger partial charge in [-0.15, -0.1) is 0 Å². The van der Waals surface area contributed by atoms with Crippen molar-refractivity contribution in [2.45, 2.75) is 32.0 Å². The molecule has 3 rings (SSSR count). The topological polar surface area (TPSA) is 62.5 Å². The van der Waals surface area contributed by atoms with Crippen LogP contribution in [-0.2, 0) is 11.3 Å². The molecule has 2 heterocycles. The number of aliphatic hydroxyl groups excluding tert-OH is 1. The van der Waals surface area contributed by atoms with E-state index in [1.807, 2.05) is 0 Å². The Morgan fingerprint density at radius 2 is 2.00 bits per heavy atom. The largest absolute Gasteiger partial charge is 0.391 e. The van der Waals surface area contributed by atoms with Gasteiger partial charge in [-0.3, -0.25) is 9.59 Å². The summed E-state index contributed by atoms with van der Waals surface area (Å²) in [4.78, 5) is 26.3. The van der Waals surface area contributed by atoms with Crippen molar-refractivity contribution in [3.8, 4) is 0 Å². The number of aryl methyl sites for hydroxylation is 1. The Bertz CT molecular complexity index is 801. The summed E-state index contributed by atoms with van der Waals surface area (Å²) in [6.07, 6.45) is 1.35. The van der Waals surface area contributed by atoms with Crippen molar-refractivity contribution < 1.29 is 14.3 Å². The van der Waals surface area contributed by atoms with E-state index in [1.54, 1.807) is 42.3 Å². The van der Waals surface area contributed by atoms with E-state index in [0.29, 0.717) is 12.0 Å². The molecule has 0 bridgehead atoms. The Hall–Kier alpha value is -2.47. The second kappa shape index (κ2) is 6.57. The molecule has 6 heteroatoms. The fourth-order valence-electron chi connectivity index (χ4n) is 3.11. The van der Waals surface area contributed by atoms with Crippen LogP contribution in [0.2, 0.25) is 0 Å². The van der Waals surface area contributed by atoms with Crippen molar-refractivity contribution in [3.63, 3.8) is 0 Å². The number of hydrogen-bond donors (Lipinski definition) is 1. The van der Waals surface area contributed by atoms with Crippen molar-refractivity contribution in [1.82, 2.24) is 9.47 Å². The molecule has 1 saturated heterocycles. The number of nitrogens with zero attached hydrogens (tertiary/aromatic N) is 2.